The Morgan fingerprint density at radius 3 is 2.93 bits per heavy atom. The molecule has 2 nitrogen and oxygen atoms in total. The number of ketones is 1. The largest absolute Gasteiger partial charge is 0.298 e. The first kappa shape index (κ1) is 10.8. The van der Waals surface area contributed by atoms with Crippen molar-refractivity contribution in [1.82, 2.24) is 4.90 Å². The van der Waals surface area contributed by atoms with Gasteiger partial charge in [0.05, 0.1) is 6.54 Å². The first-order chi connectivity index (χ1) is 7.29. The van der Waals surface area contributed by atoms with Gasteiger partial charge < -0.3 is 0 Å². The maximum Gasteiger partial charge on any atom is 0.146 e. The summed E-state index contributed by atoms with van der Waals surface area (Å²) in [6.45, 7) is 3.53. The number of carbonyl (C=O) groups excluding carboxylic acids is 1. The Morgan fingerprint density at radius 1 is 1.60 bits per heavy atom. The molecule has 0 unspecified atom stereocenters. The van der Waals surface area contributed by atoms with E-state index in [1.165, 1.54) is 17.7 Å². The Morgan fingerprint density at radius 2 is 2.40 bits per heavy atom. The standard InChI is InChI=1S/C12H17NOS/c1-2-11(14)8-13(10-5-6-10)9-12-4-3-7-15-12/h3-4,7,10H,2,5-6,8-9H2,1H3. The minimum absolute atomic E-state index is 0.360. The first-order valence-corrected chi connectivity index (χ1v) is 6.45. The highest BCUT2D eigenvalue weighted by Crippen LogP contribution is 2.28. The van der Waals surface area contributed by atoms with E-state index in [0.29, 0.717) is 24.8 Å². The van der Waals surface area contributed by atoms with E-state index in [-0.39, 0.29) is 0 Å². The Hall–Kier alpha value is -0.670. The second-order valence-electron chi connectivity index (χ2n) is 4.11. The highest BCUT2D eigenvalue weighted by Gasteiger charge is 2.29. The van der Waals surface area contributed by atoms with Gasteiger partial charge in [0.25, 0.3) is 0 Å². The van der Waals surface area contributed by atoms with E-state index in [2.05, 4.69) is 22.4 Å². The molecule has 0 saturated heterocycles. The van der Waals surface area contributed by atoms with Gasteiger partial charge in [0.1, 0.15) is 5.78 Å². The molecular weight excluding hydrogens is 206 g/mol. The van der Waals surface area contributed by atoms with Gasteiger partial charge in [0.2, 0.25) is 0 Å². The van der Waals surface area contributed by atoms with Gasteiger partial charge in [-0.05, 0) is 24.3 Å². The lowest BCUT2D eigenvalue weighted by atomic mass is 10.2. The van der Waals surface area contributed by atoms with Crippen molar-refractivity contribution in [2.45, 2.75) is 38.8 Å². The smallest absolute Gasteiger partial charge is 0.146 e. The minimum Gasteiger partial charge on any atom is -0.298 e. The van der Waals surface area contributed by atoms with Crippen LogP contribution >= 0.6 is 11.3 Å². The monoisotopic (exact) mass is 223 g/mol. The first-order valence-electron chi connectivity index (χ1n) is 5.57. The van der Waals surface area contributed by atoms with Crippen LogP contribution in [0, 0.1) is 0 Å². The van der Waals surface area contributed by atoms with Gasteiger partial charge >= 0.3 is 0 Å². The molecule has 3 heteroatoms. The zero-order valence-corrected chi connectivity index (χ0v) is 9.93. The number of hydrogen-bond donors (Lipinski definition) is 0. The molecule has 0 bridgehead atoms. The van der Waals surface area contributed by atoms with Crippen molar-refractivity contribution >= 4 is 17.1 Å². The molecule has 1 heterocycles. The summed E-state index contributed by atoms with van der Waals surface area (Å²) < 4.78 is 0. The predicted octanol–water partition coefficient (Wildman–Crippen LogP) is 2.69. The molecule has 0 aliphatic heterocycles. The van der Waals surface area contributed by atoms with E-state index in [1.54, 1.807) is 11.3 Å². The van der Waals surface area contributed by atoms with E-state index in [0.717, 1.165) is 6.54 Å². The molecule has 0 spiro atoms. The number of rotatable bonds is 6. The summed E-state index contributed by atoms with van der Waals surface area (Å²) in [7, 11) is 0. The fourth-order valence-corrected chi connectivity index (χ4v) is 2.42. The van der Waals surface area contributed by atoms with E-state index < -0.39 is 0 Å². The van der Waals surface area contributed by atoms with Gasteiger partial charge in [-0.3, -0.25) is 9.69 Å². The summed E-state index contributed by atoms with van der Waals surface area (Å²) in [6.07, 6.45) is 3.19. The molecule has 0 atom stereocenters. The van der Waals surface area contributed by atoms with Crippen LogP contribution in [0.15, 0.2) is 17.5 Å². The molecular formula is C12H17NOS. The number of thiophene rings is 1. The molecule has 1 saturated carbocycles. The lowest BCUT2D eigenvalue weighted by molar-refractivity contribution is -0.120. The van der Waals surface area contributed by atoms with Gasteiger partial charge in [0, 0.05) is 23.9 Å². The second-order valence-corrected chi connectivity index (χ2v) is 5.14. The zero-order chi connectivity index (χ0) is 10.7. The highest BCUT2D eigenvalue weighted by atomic mass is 32.1. The summed E-state index contributed by atoms with van der Waals surface area (Å²) in [5.74, 6) is 0.360. The van der Waals surface area contributed by atoms with Crippen LogP contribution in [-0.4, -0.2) is 23.3 Å². The van der Waals surface area contributed by atoms with Crippen molar-refractivity contribution in [3.05, 3.63) is 22.4 Å². The average Bonchev–Trinajstić information content (AvgIpc) is 2.97. The lowest BCUT2D eigenvalue weighted by Gasteiger charge is -2.19. The van der Waals surface area contributed by atoms with Crippen LogP contribution in [0.3, 0.4) is 0 Å². The SMILES string of the molecule is CCC(=O)CN(Cc1cccs1)C1CC1. The minimum atomic E-state index is 0.360. The van der Waals surface area contributed by atoms with E-state index in [9.17, 15) is 4.79 Å². The van der Waals surface area contributed by atoms with Crippen LogP contribution in [-0.2, 0) is 11.3 Å². The number of nitrogens with zero attached hydrogens (tertiary/aromatic N) is 1. The molecule has 15 heavy (non-hydrogen) atoms. The van der Waals surface area contributed by atoms with Crippen molar-refractivity contribution in [2.75, 3.05) is 6.54 Å². The molecule has 1 aromatic rings. The predicted molar refractivity (Wildman–Crippen MR) is 63.0 cm³/mol. The fourth-order valence-electron chi connectivity index (χ4n) is 1.69. The summed E-state index contributed by atoms with van der Waals surface area (Å²) in [5.41, 5.74) is 0. The molecule has 1 aromatic heterocycles. The van der Waals surface area contributed by atoms with Crippen LogP contribution in [0.2, 0.25) is 0 Å². The van der Waals surface area contributed by atoms with Crippen LogP contribution < -0.4 is 0 Å². The maximum absolute atomic E-state index is 11.4. The quantitative estimate of drug-likeness (QED) is 0.739. The van der Waals surface area contributed by atoms with Crippen molar-refractivity contribution in [1.29, 1.82) is 0 Å². The molecule has 0 N–H and O–H groups in total. The van der Waals surface area contributed by atoms with Gasteiger partial charge in [0.15, 0.2) is 0 Å². The fraction of sp³-hybridized carbons (Fsp3) is 0.583. The Kier molecular flexibility index (Phi) is 3.54. The van der Waals surface area contributed by atoms with Crippen molar-refractivity contribution in [3.63, 3.8) is 0 Å². The molecule has 2 rings (SSSR count). The summed E-state index contributed by atoms with van der Waals surface area (Å²) >= 11 is 1.78. The van der Waals surface area contributed by atoms with Gasteiger partial charge in [-0.2, -0.15) is 0 Å². The molecule has 0 radical (unpaired) electrons. The van der Waals surface area contributed by atoms with Crippen molar-refractivity contribution in [2.24, 2.45) is 0 Å². The third kappa shape index (κ3) is 3.14. The maximum atomic E-state index is 11.4. The number of carbonyl (C=O) groups is 1. The topological polar surface area (TPSA) is 20.3 Å². The summed E-state index contributed by atoms with van der Waals surface area (Å²) in [5, 5.41) is 2.10. The number of hydrogen-bond acceptors (Lipinski definition) is 3. The van der Waals surface area contributed by atoms with Crippen LogP contribution in [0.5, 0.6) is 0 Å². The van der Waals surface area contributed by atoms with Crippen LogP contribution in [0.1, 0.15) is 31.1 Å². The number of Topliss-reactive ketones (excluding diaryl/α,β-unsaturated/α-hetero) is 1. The average molecular weight is 223 g/mol. The van der Waals surface area contributed by atoms with E-state index in [1.807, 2.05) is 6.92 Å². The highest BCUT2D eigenvalue weighted by molar-refractivity contribution is 7.09. The molecule has 1 aliphatic carbocycles. The van der Waals surface area contributed by atoms with Crippen molar-refractivity contribution < 1.29 is 4.79 Å². The van der Waals surface area contributed by atoms with Gasteiger partial charge in [-0.15, -0.1) is 11.3 Å². The summed E-state index contributed by atoms with van der Waals surface area (Å²) in [4.78, 5) is 15.1. The summed E-state index contributed by atoms with van der Waals surface area (Å²) in [6, 6.07) is 4.89. The molecule has 0 amide bonds. The Bertz CT molecular complexity index is 316. The Balaban J connectivity index is 1.91. The van der Waals surface area contributed by atoms with Gasteiger partial charge in [-0.25, -0.2) is 0 Å². The van der Waals surface area contributed by atoms with E-state index >= 15 is 0 Å². The van der Waals surface area contributed by atoms with Gasteiger partial charge in [-0.1, -0.05) is 13.0 Å². The molecule has 1 fully saturated rings. The third-order valence-corrected chi connectivity index (χ3v) is 3.64. The lowest BCUT2D eigenvalue weighted by Crippen LogP contribution is -2.30. The van der Waals surface area contributed by atoms with Crippen LogP contribution in [0.4, 0.5) is 0 Å². The van der Waals surface area contributed by atoms with Crippen molar-refractivity contribution in [3.8, 4) is 0 Å². The third-order valence-electron chi connectivity index (χ3n) is 2.78. The zero-order valence-electron chi connectivity index (χ0n) is 9.11. The normalized spacial score (nSPS) is 15.9. The van der Waals surface area contributed by atoms with E-state index in [4.69, 9.17) is 0 Å². The molecule has 1 aliphatic rings. The van der Waals surface area contributed by atoms with Crippen LogP contribution in [0.25, 0.3) is 0 Å². The second kappa shape index (κ2) is 4.90. The molecule has 0 aromatic carbocycles. The Labute approximate surface area is 94.9 Å². The molecule has 82 valence electrons.